The van der Waals surface area contributed by atoms with Crippen molar-refractivity contribution in [3.63, 3.8) is 0 Å². The topological polar surface area (TPSA) is 33.0 Å². The zero-order valence-corrected chi connectivity index (χ0v) is 14.3. The van der Waals surface area contributed by atoms with Crippen LogP contribution in [0.4, 0.5) is 0 Å². The van der Waals surface area contributed by atoms with Crippen LogP contribution in [0.1, 0.15) is 40.5 Å². The molecule has 0 aliphatic heterocycles. The molecular formula is C16H29NOSi. The van der Waals surface area contributed by atoms with E-state index in [1.807, 2.05) is 6.08 Å². The van der Waals surface area contributed by atoms with E-state index in [1.54, 1.807) is 0 Å². The van der Waals surface area contributed by atoms with Crippen molar-refractivity contribution >= 4 is 8.07 Å². The van der Waals surface area contributed by atoms with Crippen LogP contribution in [0.3, 0.4) is 0 Å². The van der Waals surface area contributed by atoms with Gasteiger partial charge >= 0.3 is 0 Å². The molecule has 0 rings (SSSR count). The summed E-state index contributed by atoms with van der Waals surface area (Å²) in [6, 6.07) is 4.61. The quantitative estimate of drug-likeness (QED) is 0.343. The molecule has 0 spiro atoms. The van der Waals surface area contributed by atoms with Crippen molar-refractivity contribution in [2.45, 2.75) is 64.8 Å². The molecule has 0 saturated heterocycles. The zero-order valence-electron chi connectivity index (χ0n) is 13.3. The molecule has 0 N–H and O–H groups in total. The second kappa shape index (κ2) is 8.34. The van der Waals surface area contributed by atoms with Crippen LogP contribution >= 0.6 is 0 Å². The predicted molar refractivity (Wildman–Crippen MR) is 85.7 cm³/mol. The zero-order chi connectivity index (χ0) is 14.9. The monoisotopic (exact) mass is 279 g/mol. The molecule has 0 saturated carbocycles. The number of nitrogens with zero attached hydrogens (tertiary/aromatic N) is 1. The van der Waals surface area contributed by atoms with Gasteiger partial charge in [0.25, 0.3) is 0 Å². The third-order valence-corrected chi connectivity index (χ3v) is 8.93. The second-order valence-corrected chi connectivity index (χ2v) is 11.0. The highest BCUT2D eigenvalue weighted by atomic mass is 28.3. The van der Waals surface area contributed by atoms with Gasteiger partial charge in [-0.1, -0.05) is 49.8 Å². The minimum atomic E-state index is -1.36. The number of nitriles is 1. The summed E-state index contributed by atoms with van der Waals surface area (Å²) in [6.07, 6.45) is 5.68. The minimum absolute atomic E-state index is 0.298. The van der Waals surface area contributed by atoms with E-state index in [0.717, 1.165) is 6.42 Å². The number of allylic oxidation sites excluding steroid dienone is 2. The number of hydrogen-bond acceptors (Lipinski definition) is 2. The van der Waals surface area contributed by atoms with Crippen LogP contribution in [-0.4, -0.2) is 20.3 Å². The van der Waals surface area contributed by atoms with Crippen LogP contribution in [-0.2, 0) is 4.74 Å². The smallest absolute Gasteiger partial charge is 0.0805 e. The fraction of sp³-hybridized carbons (Fsp3) is 0.688. The first-order valence-corrected chi connectivity index (χ1v) is 10.1. The maximum Gasteiger partial charge on any atom is 0.0805 e. The fourth-order valence-electron chi connectivity index (χ4n) is 2.16. The molecule has 0 aromatic heterocycles. The van der Waals surface area contributed by atoms with Crippen LogP contribution < -0.4 is 0 Å². The van der Waals surface area contributed by atoms with Crippen LogP contribution in [0.5, 0.6) is 0 Å². The van der Waals surface area contributed by atoms with Crippen molar-refractivity contribution in [3.05, 3.63) is 23.9 Å². The molecule has 0 bridgehead atoms. The lowest BCUT2D eigenvalue weighted by molar-refractivity contribution is 0.0228. The van der Waals surface area contributed by atoms with Crippen molar-refractivity contribution in [1.29, 1.82) is 5.26 Å². The van der Waals surface area contributed by atoms with E-state index in [9.17, 15) is 0 Å². The maximum absolute atomic E-state index is 8.58. The minimum Gasteiger partial charge on any atom is -0.370 e. The summed E-state index contributed by atoms with van der Waals surface area (Å²) in [6.45, 7) is 15.6. The first-order valence-electron chi connectivity index (χ1n) is 7.19. The highest BCUT2D eigenvalue weighted by Crippen LogP contribution is 2.29. The normalized spacial score (nSPS) is 13.2. The van der Waals surface area contributed by atoms with Gasteiger partial charge in [0, 0.05) is 0 Å². The lowest BCUT2D eigenvalue weighted by atomic mass is 10.1. The Morgan fingerprint density at radius 1 is 1.37 bits per heavy atom. The van der Waals surface area contributed by atoms with Crippen molar-refractivity contribution < 1.29 is 4.74 Å². The molecule has 0 aliphatic rings. The van der Waals surface area contributed by atoms with E-state index in [0.29, 0.717) is 13.0 Å². The van der Waals surface area contributed by atoms with Crippen molar-refractivity contribution in [2.24, 2.45) is 0 Å². The molecule has 3 heteroatoms. The maximum atomic E-state index is 8.58. The predicted octanol–water partition coefficient (Wildman–Crippen LogP) is 4.86. The summed E-state index contributed by atoms with van der Waals surface area (Å²) >= 11 is 0. The van der Waals surface area contributed by atoms with Crippen LogP contribution in [0.2, 0.25) is 18.6 Å². The molecule has 0 radical (unpaired) electrons. The summed E-state index contributed by atoms with van der Waals surface area (Å²) in [5.74, 6) is 0. The first-order chi connectivity index (χ1) is 8.85. The average molecular weight is 280 g/mol. The van der Waals surface area contributed by atoms with Gasteiger partial charge in [-0.25, -0.2) is 0 Å². The first kappa shape index (κ1) is 18.1. The molecule has 108 valence electrons. The van der Waals surface area contributed by atoms with E-state index < -0.39 is 8.07 Å². The van der Waals surface area contributed by atoms with E-state index in [1.165, 1.54) is 17.3 Å². The molecule has 0 aromatic carbocycles. The van der Waals surface area contributed by atoms with Crippen LogP contribution in [0.25, 0.3) is 0 Å². The molecule has 19 heavy (non-hydrogen) atoms. The average Bonchev–Trinajstić information content (AvgIpc) is 2.37. The highest BCUT2D eigenvalue weighted by Gasteiger charge is 2.29. The Bertz CT molecular complexity index is 348. The summed E-state index contributed by atoms with van der Waals surface area (Å²) < 4.78 is 5.82. The van der Waals surface area contributed by atoms with Gasteiger partial charge in [0.1, 0.15) is 0 Å². The molecule has 0 unspecified atom stereocenters. The summed E-state index contributed by atoms with van der Waals surface area (Å²) in [5.41, 5.74) is -0.298. The van der Waals surface area contributed by atoms with Crippen molar-refractivity contribution in [2.75, 3.05) is 6.61 Å². The lowest BCUT2D eigenvalue weighted by Crippen LogP contribution is -2.34. The second-order valence-electron chi connectivity index (χ2n) is 5.79. The van der Waals surface area contributed by atoms with E-state index in [4.69, 9.17) is 10.00 Å². The number of rotatable bonds is 9. The van der Waals surface area contributed by atoms with Gasteiger partial charge in [-0.15, -0.1) is 6.58 Å². The molecule has 2 nitrogen and oxygen atoms in total. The summed E-state index contributed by atoms with van der Waals surface area (Å²) in [7, 11) is -1.36. The summed E-state index contributed by atoms with van der Waals surface area (Å²) in [5, 5.41) is 10.1. The molecule has 0 heterocycles. The van der Waals surface area contributed by atoms with Gasteiger partial charge in [0.15, 0.2) is 0 Å². The van der Waals surface area contributed by atoms with Gasteiger partial charge in [-0.3, -0.25) is 0 Å². The van der Waals surface area contributed by atoms with E-state index in [2.05, 4.69) is 53.0 Å². The van der Waals surface area contributed by atoms with Crippen LogP contribution in [0.15, 0.2) is 23.9 Å². The van der Waals surface area contributed by atoms with Gasteiger partial charge in [0.2, 0.25) is 0 Å². The van der Waals surface area contributed by atoms with Crippen molar-refractivity contribution in [1.82, 2.24) is 0 Å². The van der Waals surface area contributed by atoms with E-state index in [-0.39, 0.29) is 5.60 Å². The third kappa shape index (κ3) is 6.22. The van der Waals surface area contributed by atoms with Gasteiger partial charge < -0.3 is 4.74 Å². The Balaban J connectivity index is 5.09. The lowest BCUT2D eigenvalue weighted by Gasteiger charge is -2.31. The van der Waals surface area contributed by atoms with Gasteiger partial charge in [0.05, 0.1) is 32.8 Å². The molecule has 0 amide bonds. The number of hydrogen-bond donors (Lipinski definition) is 0. The molecule has 0 atom stereocenters. The molecule has 0 aromatic rings. The Labute approximate surface area is 120 Å². The standard InChI is InChI=1S/C16H29NOSi/c1-7-11-15(19(6,8-2)9-3)14-16(4,5)18-13-10-12-17/h7,14H,1,8-11,13H2,2-6H3/b15-14+. The molecule has 0 aliphatic carbocycles. The highest BCUT2D eigenvalue weighted by molar-refractivity contribution is 6.85. The van der Waals surface area contributed by atoms with Gasteiger partial charge in [-0.2, -0.15) is 5.26 Å². The third-order valence-electron chi connectivity index (χ3n) is 3.91. The van der Waals surface area contributed by atoms with Gasteiger partial charge in [-0.05, 0) is 20.3 Å². The Morgan fingerprint density at radius 3 is 2.37 bits per heavy atom. The Morgan fingerprint density at radius 2 is 1.95 bits per heavy atom. The molecule has 0 fully saturated rings. The fourth-order valence-corrected chi connectivity index (χ4v) is 4.90. The van der Waals surface area contributed by atoms with Crippen molar-refractivity contribution in [3.8, 4) is 6.07 Å². The van der Waals surface area contributed by atoms with E-state index >= 15 is 0 Å². The largest absolute Gasteiger partial charge is 0.370 e. The van der Waals surface area contributed by atoms with Crippen LogP contribution in [0, 0.1) is 11.3 Å². The Hall–Kier alpha value is -0.853. The Kier molecular flexibility index (Phi) is 7.97. The SMILES string of the molecule is C=CC/C(=C\C(C)(C)OCCC#N)[Si](C)(CC)CC. The molecular weight excluding hydrogens is 250 g/mol. The number of ether oxygens (including phenoxy) is 1. The summed E-state index contributed by atoms with van der Waals surface area (Å²) in [4.78, 5) is 0.